The normalized spacial score (nSPS) is 10.7. The third-order valence-electron chi connectivity index (χ3n) is 4.72. The quantitative estimate of drug-likeness (QED) is 0.180. The highest BCUT2D eigenvalue weighted by Gasteiger charge is 2.07. The van der Waals surface area contributed by atoms with Gasteiger partial charge in [0.05, 0.1) is 0 Å². The van der Waals surface area contributed by atoms with E-state index in [4.69, 9.17) is 14.2 Å². The van der Waals surface area contributed by atoms with Crippen LogP contribution >= 0.6 is 0 Å². The third-order valence-corrected chi connectivity index (χ3v) is 4.72. The molecule has 0 spiro atoms. The zero-order valence-electron chi connectivity index (χ0n) is 19.5. The topological polar surface area (TPSA) is 71.1 Å². The Morgan fingerprint density at radius 3 is 1.86 bits per heavy atom. The number of esters is 2. The summed E-state index contributed by atoms with van der Waals surface area (Å²) in [5, 5.41) is 0. The molecule has 0 fully saturated rings. The van der Waals surface area contributed by atoms with E-state index in [-0.39, 0.29) is 5.75 Å². The number of hydrogen-bond donors (Lipinski definition) is 0. The van der Waals surface area contributed by atoms with Gasteiger partial charge >= 0.3 is 11.9 Å². The molecule has 0 N–H and O–H groups in total. The van der Waals surface area contributed by atoms with E-state index in [1.54, 1.807) is 25.1 Å². The van der Waals surface area contributed by atoms with Crippen LogP contribution in [0.2, 0.25) is 0 Å². The molecule has 0 aromatic heterocycles. The summed E-state index contributed by atoms with van der Waals surface area (Å²) < 4.78 is 34.4. The first-order valence-corrected chi connectivity index (χ1v) is 10.7. The second-order valence-electron chi connectivity index (χ2n) is 7.35. The molecule has 0 saturated heterocycles. The SMILES string of the molecule is C=CC(=O)O/C=C\Oc1ccc(-c2ccc(-c3ccc(O/C=C\OC(=O)C(=C)C)cc3)cc2)cc1F. The van der Waals surface area contributed by atoms with Crippen molar-refractivity contribution in [2.45, 2.75) is 6.92 Å². The molecule has 0 aliphatic heterocycles. The van der Waals surface area contributed by atoms with E-state index in [9.17, 15) is 14.0 Å². The fourth-order valence-corrected chi connectivity index (χ4v) is 2.90. The predicted molar refractivity (Wildman–Crippen MR) is 134 cm³/mol. The van der Waals surface area contributed by atoms with Crippen molar-refractivity contribution in [2.75, 3.05) is 0 Å². The monoisotopic (exact) mass is 486 g/mol. The summed E-state index contributed by atoms with van der Waals surface area (Å²) in [5.74, 6) is -1.16. The fraction of sp³-hybridized carbons (Fsp3) is 0.0345. The number of carbonyl (C=O) groups excluding carboxylic acids is 2. The van der Waals surface area contributed by atoms with Gasteiger partial charge in [0.25, 0.3) is 0 Å². The maximum atomic E-state index is 14.4. The van der Waals surface area contributed by atoms with Crippen LogP contribution in [-0.2, 0) is 19.1 Å². The Morgan fingerprint density at radius 2 is 1.28 bits per heavy atom. The Hall–Kier alpha value is -4.91. The number of ether oxygens (including phenoxy) is 4. The third kappa shape index (κ3) is 7.30. The highest BCUT2D eigenvalue weighted by atomic mass is 19.1. The minimum atomic E-state index is -0.644. The molecule has 0 aliphatic carbocycles. The summed E-state index contributed by atoms with van der Waals surface area (Å²) in [6, 6.07) is 19.6. The number of rotatable bonds is 10. The fourth-order valence-electron chi connectivity index (χ4n) is 2.90. The molecule has 0 amide bonds. The van der Waals surface area contributed by atoms with Crippen LogP contribution in [0.25, 0.3) is 22.3 Å². The van der Waals surface area contributed by atoms with Gasteiger partial charge in [0.15, 0.2) is 11.6 Å². The van der Waals surface area contributed by atoms with Crippen molar-refractivity contribution in [1.29, 1.82) is 0 Å². The lowest BCUT2D eigenvalue weighted by Crippen LogP contribution is -1.99. The standard InChI is InChI=1S/C29H23FO6/c1-4-28(31)35-17-16-34-27-14-11-24(19-26(27)30)23-7-5-21(6-8-23)22-9-12-25(13-10-22)33-15-18-36-29(32)20(2)3/h4-19H,1-2H2,3H3/b17-16-,18-15-. The van der Waals surface area contributed by atoms with E-state index >= 15 is 0 Å². The van der Waals surface area contributed by atoms with E-state index in [0.29, 0.717) is 16.9 Å². The zero-order chi connectivity index (χ0) is 25.9. The summed E-state index contributed by atoms with van der Waals surface area (Å²) in [6.07, 6.45) is 5.50. The predicted octanol–water partition coefficient (Wildman–Crippen LogP) is 6.71. The van der Waals surface area contributed by atoms with E-state index in [0.717, 1.165) is 41.6 Å². The minimum Gasteiger partial charge on any atom is -0.462 e. The maximum absolute atomic E-state index is 14.4. The molecule has 0 atom stereocenters. The average molecular weight is 486 g/mol. The Balaban J connectivity index is 1.60. The summed E-state index contributed by atoms with van der Waals surface area (Å²) in [5.41, 5.74) is 3.73. The highest BCUT2D eigenvalue weighted by Crippen LogP contribution is 2.29. The summed E-state index contributed by atoms with van der Waals surface area (Å²) in [4.78, 5) is 22.3. The van der Waals surface area contributed by atoms with E-state index in [1.807, 2.05) is 36.4 Å². The second kappa shape index (κ2) is 12.5. The zero-order valence-corrected chi connectivity index (χ0v) is 19.5. The number of benzene rings is 3. The molecule has 3 aromatic carbocycles. The Kier molecular flexibility index (Phi) is 8.94. The van der Waals surface area contributed by atoms with Crippen LogP contribution in [0.1, 0.15) is 6.92 Å². The lowest BCUT2D eigenvalue weighted by Gasteiger charge is -2.08. The number of carbonyl (C=O) groups is 2. The van der Waals surface area contributed by atoms with Gasteiger partial charge in [-0.1, -0.05) is 55.6 Å². The largest absolute Gasteiger partial charge is 0.462 e. The molecule has 0 radical (unpaired) electrons. The van der Waals surface area contributed by atoms with Crippen LogP contribution in [0, 0.1) is 5.82 Å². The molecular weight excluding hydrogens is 463 g/mol. The van der Waals surface area contributed by atoms with Gasteiger partial charge in [-0.05, 0) is 53.4 Å². The van der Waals surface area contributed by atoms with Crippen LogP contribution in [0.15, 0.2) is 117 Å². The summed E-state index contributed by atoms with van der Waals surface area (Å²) >= 11 is 0. The van der Waals surface area contributed by atoms with Crippen molar-refractivity contribution in [3.63, 3.8) is 0 Å². The van der Waals surface area contributed by atoms with Gasteiger partial charge < -0.3 is 18.9 Å². The molecule has 36 heavy (non-hydrogen) atoms. The number of halogens is 1. The van der Waals surface area contributed by atoms with Crippen LogP contribution in [0.3, 0.4) is 0 Å². The molecule has 3 aromatic rings. The molecule has 0 bridgehead atoms. The van der Waals surface area contributed by atoms with E-state index < -0.39 is 17.8 Å². The summed E-state index contributed by atoms with van der Waals surface area (Å²) in [6.45, 7) is 8.31. The highest BCUT2D eigenvalue weighted by molar-refractivity contribution is 5.87. The van der Waals surface area contributed by atoms with Gasteiger partial charge in [0.1, 0.15) is 30.8 Å². The molecule has 7 heteroatoms. The molecule has 0 unspecified atom stereocenters. The van der Waals surface area contributed by atoms with Crippen molar-refractivity contribution < 1.29 is 32.9 Å². The second-order valence-corrected chi connectivity index (χ2v) is 7.35. The van der Waals surface area contributed by atoms with Crippen LogP contribution in [-0.4, -0.2) is 11.9 Å². The van der Waals surface area contributed by atoms with Gasteiger partial charge in [-0.2, -0.15) is 0 Å². The number of hydrogen-bond acceptors (Lipinski definition) is 6. The van der Waals surface area contributed by atoms with Gasteiger partial charge in [0.2, 0.25) is 0 Å². The summed E-state index contributed by atoms with van der Waals surface area (Å²) in [7, 11) is 0. The van der Waals surface area contributed by atoms with E-state index in [1.165, 1.54) is 18.4 Å². The smallest absolute Gasteiger partial charge is 0.338 e. The van der Waals surface area contributed by atoms with Crippen LogP contribution in [0.5, 0.6) is 11.5 Å². The molecule has 0 heterocycles. The lowest BCUT2D eigenvalue weighted by molar-refractivity contribution is -0.134. The molecular formula is C29H23FO6. The van der Waals surface area contributed by atoms with Gasteiger partial charge in [-0.25, -0.2) is 14.0 Å². The van der Waals surface area contributed by atoms with Crippen molar-refractivity contribution in [3.05, 3.63) is 122 Å². The Labute approximate surface area is 208 Å². The minimum absolute atomic E-state index is 0.00703. The average Bonchev–Trinajstić information content (AvgIpc) is 2.90. The Morgan fingerprint density at radius 1 is 0.750 bits per heavy atom. The molecule has 182 valence electrons. The van der Waals surface area contributed by atoms with Crippen molar-refractivity contribution in [3.8, 4) is 33.8 Å². The first kappa shape index (κ1) is 25.7. The Bertz CT molecular complexity index is 1300. The van der Waals surface area contributed by atoms with Crippen LogP contribution in [0.4, 0.5) is 4.39 Å². The maximum Gasteiger partial charge on any atom is 0.338 e. The van der Waals surface area contributed by atoms with E-state index in [2.05, 4.69) is 17.9 Å². The van der Waals surface area contributed by atoms with Crippen molar-refractivity contribution in [1.82, 2.24) is 0 Å². The van der Waals surface area contributed by atoms with Crippen molar-refractivity contribution in [2.24, 2.45) is 0 Å². The molecule has 3 rings (SSSR count). The van der Waals surface area contributed by atoms with Gasteiger partial charge in [-0.3, -0.25) is 0 Å². The van der Waals surface area contributed by atoms with Gasteiger partial charge in [0, 0.05) is 11.6 Å². The first-order valence-electron chi connectivity index (χ1n) is 10.7. The molecule has 6 nitrogen and oxygen atoms in total. The lowest BCUT2D eigenvalue weighted by atomic mass is 10.00. The molecule has 0 saturated carbocycles. The first-order chi connectivity index (χ1) is 17.4. The van der Waals surface area contributed by atoms with Crippen molar-refractivity contribution >= 4 is 11.9 Å². The van der Waals surface area contributed by atoms with Crippen LogP contribution < -0.4 is 9.47 Å². The van der Waals surface area contributed by atoms with Gasteiger partial charge in [-0.15, -0.1) is 0 Å². The molecule has 0 aliphatic rings.